The average molecular weight is 343 g/mol. The lowest BCUT2D eigenvalue weighted by atomic mass is 10.0. The number of hydrogen-bond donors (Lipinski definition) is 1. The van der Waals surface area contributed by atoms with Crippen LogP contribution in [0.5, 0.6) is 0 Å². The fraction of sp³-hybridized carbons (Fsp3) is 0.714. The molecule has 0 aromatic carbocycles. The Kier molecular flexibility index (Phi) is 4.86. The molecule has 0 bridgehead atoms. The maximum Gasteiger partial charge on any atom is 0.283 e. The van der Waals surface area contributed by atoms with Crippen LogP contribution < -0.4 is 10.9 Å². The van der Waals surface area contributed by atoms with Crippen molar-refractivity contribution in [2.45, 2.75) is 44.7 Å². The van der Waals surface area contributed by atoms with Gasteiger partial charge < -0.3 is 10.2 Å². The van der Waals surface area contributed by atoms with Gasteiger partial charge in [-0.2, -0.15) is 5.10 Å². The Hall–Kier alpha value is -0.880. The van der Waals surface area contributed by atoms with Crippen molar-refractivity contribution in [3.8, 4) is 0 Å². The molecule has 0 aliphatic heterocycles. The van der Waals surface area contributed by atoms with Gasteiger partial charge in [0, 0.05) is 12.1 Å². The number of likely N-dealkylation sites (N-methyl/N-ethyl adjacent to an activating group) is 1. The van der Waals surface area contributed by atoms with E-state index >= 15 is 0 Å². The second-order valence-electron chi connectivity index (χ2n) is 6.10. The quantitative estimate of drug-likeness (QED) is 0.891. The van der Waals surface area contributed by atoms with Gasteiger partial charge in [-0.05, 0) is 49.8 Å². The molecule has 1 aliphatic rings. The molecule has 6 heteroatoms. The number of halogens is 1. The summed E-state index contributed by atoms with van der Waals surface area (Å²) in [5.41, 5.74) is 0.825. The van der Waals surface area contributed by atoms with E-state index in [9.17, 15) is 4.79 Å². The smallest absolute Gasteiger partial charge is 0.283 e. The molecule has 0 amide bonds. The summed E-state index contributed by atoms with van der Waals surface area (Å²) < 4.78 is 2.09. The monoisotopic (exact) mass is 342 g/mol. The molecule has 2 rings (SSSR count). The molecule has 0 spiro atoms. The van der Waals surface area contributed by atoms with E-state index in [1.807, 2.05) is 19.0 Å². The summed E-state index contributed by atoms with van der Waals surface area (Å²) in [6, 6.07) is 0. The van der Waals surface area contributed by atoms with Gasteiger partial charge in [-0.15, -0.1) is 0 Å². The molecular weight excluding hydrogens is 320 g/mol. The van der Waals surface area contributed by atoms with Crippen LogP contribution in [0, 0.1) is 0 Å². The molecule has 1 aromatic rings. The lowest BCUT2D eigenvalue weighted by Gasteiger charge is -2.27. The predicted molar refractivity (Wildman–Crippen MR) is 85.2 cm³/mol. The van der Waals surface area contributed by atoms with Crippen LogP contribution in [0.15, 0.2) is 15.5 Å². The first-order valence-corrected chi connectivity index (χ1v) is 7.89. The van der Waals surface area contributed by atoms with E-state index in [-0.39, 0.29) is 11.1 Å². The van der Waals surface area contributed by atoms with Crippen LogP contribution >= 0.6 is 15.9 Å². The Morgan fingerprint density at radius 3 is 2.70 bits per heavy atom. The summed E-state index contributed by atoms with van der Waals surface area (Å²) >= 11 is 3.42. The standard InChI is InChI=1S/C14H23BrN4O/c1-14(6-4-5-7-14)17-11-10-16-19(9-8-18(2)3)13(20)12(11)15/h10,17H,4-9H2,1-3H3. The lowest BCUT2D eigenvalue weighted by Crippen LogP contribution is -2.34. The van der Waals surface area contributed by atoms with E-state index in [2.05, 4.69) is 33.3 Å². The Bertz CT molecular complexity index is 520. The number of nitrogens with one attached hydrogen (secondary N) is 1. The Morgan fingerprint density at radius 2 is 2.10 bits per heavy atom. The summed E-state index contributed by atoms with van der Waals surface area (Å²) in [5.74, 6) is 0. The number of hydrogen-bond acceptors (Lipinski definition) is 4. The third-order valence-electron chi connectivity index (χ3n) is 3.89. The molecule has 5 nitrogen and oxygen atoms in total. The molecule has 1 aromatic heterocycles. The zero-order valence-electron chi connectivity index (χ0n) is 12.4. The van der Waals surface area contributed by atoms with Crippen molar-refractivity contribution >= 4 is 21.6 Å². The first kappa shape index (κ1) is 15.5. The van der Waals surface area contributed by atoms with E-state index in [1.165, 1.54) is 17.5 Å². The first-order chi connectivity index (χ1) is 9.41. The minimum Gasteiger partial charge on any atom is -0.378 e. The topological polar surface area (TPSA) is 50.2 Å². The molecule has 112 valence electrons. The van der Waals surface area contributed by atoms with E-state index in [0.29, 0.717) is 11.0 Å². The van der Waals surface area contributed by atoms with E-state index in [4.69, 9.17) is 0 Å². The summed E-state index contributed by atoms with van der Waals surface area (Å²) in [6.45, 7) is 3.61. The molecule has 0 saturated heterocycles. The summed E-state index contributed by atoms with van der Waals surface area (Å²) in [4.78, 5) is 14.3. The van der Waals surface area contributed by atoms with Crippen molar-refractivity contribution < 1.29 is 0 Å². The molecule has 1 fully saturated rings. The van der Waals surface area contributed by atoms with Crippen LogP contribution in [0.25, 0.3) is 0 Å². The van der Waals surface area contributed by atoms with Crippen LogP contribution in [0.1, 0.15) is 32.6 Å². The fourth-order valence-corrected chi connectivity index (χ4v) is 3.02. The van der Waals surface area contributed by atoms with Crippen molar-refractivity contribution in [2.75, 3.05) is 26.0 Å². The SMILES string of the molecule is CN(C)CCn1ncc(NC2(C)CCCC2)c(Br)c1=O. The highest BCUT2D eigenvalue weighted by molar-refractivity contribution is 9.10. The minimum absolute atomic E-state index is 0.0709. The predicted octanol–water partition coefficient (Wildman–Crippen LogP) is 2.31. The maximum absolute atomic E-state index is 12.3. The van der Waals surface area contributed by atoms with Gasteiger partial charge in [0.25, 0.3) is 5.56 Å². The van der Waals surface area contributed by atoms with Gasteiger partial charge in [-0.3, -0.25) is 4.79 Å². The number of anilines is 1. The van der Waals surface area contributed by atoms with Crippen LogP contribution in [-0.4, -0.2) is 40.9 Å². The third-order valence-corrected chi connectivity index (χ3v) is 4.65. The molecule has 0 atom stereocenters. The number of aromatic nitrogens is 2. The largest absolute Gasteiger partial charge is 0.378 e. The van der Waals surface area contributed by atoms with Gasteiger partial charge in [0.2, 0.25) is 0 Å². The zero-order valence-corrected chi connectivity index (χ0v) is 14.0. The van der Waals surface area contributed by atoms with Gasteiger partial charge in [0.1, 0.15) is 4.47 Å². The molecule has 0 unspecified atom stereocenters. The van der Waals surface area contributed by atoms with Crippen molar-refractivity contribution in [3.05, 3.63) is 21.0 Å². The molecule has 1 aliphatic carbocycles. The summed E-state index contributed by atoms with van der Waals surface area (Å²) in [5, 5.41) is 7.75. The van der Waals surface area contributed by atoms with Gasteiger partial charge in [-0.1, -0.05) is 12.8 Å². The second kappa shape index (κ2) is 6.26. The van der Waals surface area contributed by atoms with Crippen LogP contribution in [0.4, 0.5) is 5.69 Å². The fourth-order valence-electron chi connectivity index (χ4n) is 2.61. The third kappa shape index (κ3) is 3.61. The van der Waals surface area contributed by atoms with Crippen molar-refractivity contribution in [1.29, 1.82) is 0 Å². The van der Waals surface area contributed by atoms with Gasteiger partial charge in [-0.25, -0.2) is 4.68 Å². The molecule has 0 radical (unpaired) electrons. The Labute approximate surface area is 128 Å². The van der Waals surface area contributed by atoms with E-state index < -0.39 is 0 Å². The normalized spacial score (nSPS) is 17.6. The number of rotatable bonds is 5. The Balaban J connectivity index is 2.16. The summed E-state index contributed by atoms with van der Waals surface area (Å²) in [6.07, 6.45) is 6.53. The van der Waals surface area contributed by atoms with Crippen LogP contribution in [-0.2, 0) is 6.54 Å². The van der Waals surface area contributed by atoms with Gasteiger partial charge >= 0.3 is 0 Å². The van der Waals surface area contributed by atoms with Crippen LogP contribution in [0.2, 0.25) is 0 Å². The molecule has 1 saturated carbocycles. The van der Waals surface area contributed by atoms with Crippen molar-refractivity contribution in [2.24, 2.45) is 0 Å². The first-order valence-electron chi connectivity index (χ1n) is 7.10. The molecular formula is C14H23BrN4O. The highest BCUT2D eigenvalue weighted by Crippen LogP contribution is 2.33. The van der Waals surface area contributed by atoms with Crippen molar-refractivity contribution in [3.63, 3.8) is 0 Å². The van der Waals surface area contributed by atoms with Gasteiger partial charge in [0.05, 0.1) is 18.4 Å². The average Bonchev–Trinajstić information content (AvgIpc) is 2.81. The summed E-state index contributed by atoms with van der Waals surface area (Å²) in [7, 11) is 3.97. The van der Waals surface area contributed by atoms with E-state index in [0.717, 1.165) is 25.1 Å². The molecule has 1 heterocycles. The van der Waals surface area contributed by atoms with E-state index in [1.54, 1.807) is 6.20 Å². The molecule has 1 N–H and O–H groups in total. The Morgan fingerprint density at radius 1 is 1.45 bits per heavy atom. The van der Waals surface area contributed by atoms with Crippen molar-refractivity contribution in [1.82, 2.24) is 14.7 Å². The zero-order chi connectivity index (χ0) is 14.8. The minimum atomic E-state index is -0.0709. The van der Waals surface area contributed by atoms with Gasteiger partial charge in [0.15, 0.2) is 0 Å². The maximum atomic E-state index is 12.3. The highest BCUT2D eigenvalue weighted by atomic mass is 79.9. The van der Waals surface area contributed by atoms with Crippen LogP contribution in [0.3, 0.4) is 0 Å². The highest BCUT2D eigenvalue weighted by Gasteiger charge is 2.29. The number of nitrogens with zero attached hydrogens (tertiary/aromatic N) is 3. The lowest BCUT2D eigenvalue weighted by molar-refractivity contribution is 0.367. The molecule has 20 heavy (non-hydrogen) atoms. The second-order valence-corrected chi connectivity index (χ2v) is 6.89.